The maximum Gasteiger partial charge on any atom is 0.338 e. The first-order chi connectivity index (χ1) is 20.1. The van der Waals surface area contributed by atoms with Crippen molar-refractivity contribution in [3.05, 3.63) is 76.7 Å². The third-order valence-corrected chi connectivity index (χ3v) is 7.43. The smallest absolute Gasteiger partial charge is 0.338 e. The molecule has 2 aromatic rings. The van der Waals surface area contributed by atoms with E-state index in [4.69, 9.17) is 9.47 Å². The minimum absolute atomic E-state index is 0.0108. The number of carbonyl (C=O) groups excluding carboxylic acids is 3. The fourth-order valence-corrected chi connectivity index (χ4v) is 5.16. The van der Waals surface area contributed by atoms with Gasteiger partial charge < -0.3 is 30.3 Å². The molecule has 0 aromatic heterocycles. The first kappa shape index (κ1) is 30.8. The van der Waals surface area contributed by atoms with E-state index in [-0.39, 0.29) is 35.2 Å². The van der Waals surface area contributed by atoms with Gasteiger partial charge in [-0.25, -0.2) is 32.5 Å². The van der Waals surface area contributed by atoms with Gasteiger partial charge in [-0.05, 0) is 55.7 Å². The number of esters is 1. The Bertz CT molecular complexity index is 1350. The lowest BCUT2D eigenvalue weighted by atomic mass is 9.92. The molecule has 2 aliphatic heterocycles. The number of benzene rings is 2. The Labute approximate surface area is 241 Å². The van der Waals surface area contributed by atoms with E-state index in [2.05, 4.69) is 20.9 Å². The van der Waals surface area contributed by atoms with Gasteiger partial charge in [-0.3, -0.25) is 0 Å². The normalized spacial score (nSPS) is 18.5. The van der Waals surface area contributed by atoms with E-state index in [9.17, 15) is 27.6 Å². The Morgan fingerprint density at radius 3 is 2.43 bits per heavy atom. The largest absolute Gasteiger partial charge is 0.466 e. The molecule has 2 heterocycles. The van der Waals surface area contributed by atoms with Gasteiger partial charge in [-0.2, -0.15) is 0 Å². The summed E-state index contributed by atoms with van der Waals surface area (Å²) in [6, 6.07) is 6.36. The van der Waals surface area contributed by atoms with Crippen molar-refractivity contribution in [2.24, 2.45) is 0 Å². The number of nitrogens with one attached hydrogen (secondary N) is 3. The molecular weight excluding hydrogens is 555 g/mol. The van der Waals surface area contributed by atoms with Crippen molar-refractivity contribution in [1.29, 1.82) is 0 Å². The zero-order valence-electron chi connectivity index (χ0n) is 23.6. The van der Waals surface area contributed by atoms with Gasteiger partial charge in [0.2, 0.25) is 0 Å². The molecule has 1 saturated heterocycles. The Morgan fingerprint density at radius 2 is 1.79 bits per heavy atom. The highest BCUT2D eigenvalue weighted by Crippen LogP contribution is 2.36. The zero-order valence-corrected chi connectivity index (χ0v) is 23.6. The number of methoxy groups -OCH3 is 2. The number of anilines is 1. The molecule has 0 spiro atoms. The SMILES string of the molecule is COC(=O)C1=C(C(C)OC)NC(=O)N(C(=O)NCCNC2CCN(c3cccc(F)c3)CC2)[C@H]1c1ccc(F)c(F)c1. The van der Waals surface area contributed by atoms with E-state index < -0.39 is 41.8 Å². The second-order valence-electron chi connectivity index (χ2n) is 10.0. The van der Waals surface area contributed by atoms with Crippen LogP contribution < -0.4 is 20.9 Å². The van der Waals surface area contributed by atoms with E-state index in [1.54, 1.807) is 13.0 Å². The Hall–Kier alpha value is -4.10. The third kappa shape index (κ3) is 6.85. The van der Waals surface area contributed by atoms with Crippen LogP contribution in [-0.4, -0.2) is 75.5 Å². The first-order valence-electron chi connectivity index (χ1n) is 13.6. The highest BCUT2D eigenvalue weighted by Gasteiger charge is 2.44. The molecule has 42 heavy (non-hydrogen) atoms. The number of amides is 4. The van der Waals surface area contributed by atoms with Gasteiger partial charge >= 0.3 is 18.0 Å². The quantitative estimate of drug-likeness (QED) is 0.303. The molecule has 2 atom stereocenters. The van der Waals surface area contributed by atoms with Crippen LogP contribution in [0.5, 0.6) is 0 Å². The molecule has 4 rings (SSSR count). The van der Waals surface area contributed by atoms with Gasteiger partial charge in [-0.1, -0.05) is 12.1 Å². The van der Waals surface area contributed by atoms with Crippen molar-refractivity contribution >= 4 is 23.7 Å². The number of carbonyl (C=O) groups is 3. The van der Waals surface area contributed by atoms with Crippen molar-refractivity contribution < 1.29 is 37.0 Å². The lowest BCUT2D eigenvalue weighted by Crippen LogP contribution is -2.56. The molecular formula is C29H34F3N5O5. The molecule has 2 aliphatic rings. The zero-order chi connectivity index (χ0) is 30.4. The molecule has 2 aromatic carbocycles. The minimum Gasteiger partial charge on any atom is -0.466 e. The molecule has 0 aliphatic carbocycles. The average molecular weight is 590 g/mol. The highest BCUT2D eigenvalue weighted by molar-refractivity contribution is 6.01. The fourth-order valence-electron chi connectivity index (χ4n) is 5.16. The number of halogens is 3. The van der Waals surface area contributed by atoms with Crippen LogP contribution in [0.1, 0.15) is 31.4 Å². The Balaban J connectivity index is 1.44. The number of urea groups is 2. The van der Waals surface area contributed by atoms with E-state index >= 15 is 0 Å². The van der Waals surface area contributed by atoms with Gasteiger partial charge in [0, 0.05) is 45.0 Å². The molecule has 226 valence electrons. The summed E-state index contributed by atoms with van der Waals surface area (Å²) in [4.78, 5) is 42.3. The van der Waals surface area contributed by atoms with Crippen LogP contribution in [0.3, 0.4) is 0 Å². The molecule has 0 bridgehead atoms. The van der Waals surface area contributed by atoms with Crippen LogP contribution in [0.25, 0.3) is 0 Å². The second-order valence-corrected chi connectivity index (χ2v) is 10.0. The number of imide groups is 1. The minimum atomic E-state index is -1.42. The van der Waals surface area contributed by atoms with Crippen LogP contribution in [0.4, 0.5) is 28.4 Å². The van der Waals surface area contributed by atoms with Crippen LogP contribution in [0.15, 0.2) is 53.7 Å². The molecule has 0 radical (unpaired) electrons. The van der Waals surface area contributed by atoms with Crippen molar-refractivity contribution in [3.8, 4) is 0 Å². The first-order valence-corrected chi connectivity index (χ1v) is 13.6. The number of nitrogens with zero attached hydrogens (tertiary/aromatic N) is 2. The number of rotatable bonds is 9. The predicted octanol–water partition coefficient (Wildman–Crippen LogP) is 3.60. The van der Waals surface area contributed by atoms with Gasteiger partial charge in [0.1, 0.15) is 11.9 Å². The lowest BCUT2D eigenvalue weighted by Gasteiger charge is -2.38. The van der Waals surface area contributed by atoms with Gasteiger partial charge in [0.25, 0.3) is 0 Å². The monoisotopic (exact) mass is 589 g/mol. The summed E-state index contributed by atoms with van der Waals surface area (Å²) in [5.74, 6) is -3.50. The molecule has 1 fully saturated rings. The molecule has 13 heteroatoms. The number of hydrogen-bond donors (Lipinski definition) is 3. The van der Waals surface area contributed by atoms with E-state index in [1.807, 2.05) is 6.07 Å². The van der Waals surface area contributed by atoms with Crippen molar-refractivity contribution in [3.63, 3.8) is 0 Å². The Morgan fingerprint density at radius 1 is 1.05 bits per heavy atom. The number of hydrogen-bond acceptors (Lipinski definition) is 7. The molecule has 4 amide bonds. The third-order valence-electron chi connectivity index (χ3n) is 7.43. The standard InChI is InChI=1S/C29H34F3N5O5/c1-17(41-2)25-24(27(38)42-3)26(18-7-8-22(31)23(32)15-18)37(29(40)35-25)28(39)34-12-11-33-20-9-13-36(14-10-20)21-6-4-5-19(30)16-21/h4-8,15-17,20,26,33H,9-14H2,1-3H3,(H,34,39)(H,35,40)/t17?,26-/m0/s1. The summed E-state index contributed by atoms with van der Waals surface area (Å²) in [5, 5.41) is 8.55. The predicted molar refractivity (Wildman–Crippen MR) is 148 cm³/mol. The topological polar surface area (TPSA) is 112 Å². The highest BCUT2D eigenvalue weighted by atomic mass is 19.2. The lowest BCUT2D eigenvalue weighted by molar-refractivity contribution is -0.137. The van der Waals surface area contributed by atoms with Gasteiger partial charge in [0.05, 0.1) is 24.5 Å². The molecule has 1 unspecified atom stereocenters. The van der Waals surface area contributed by atoms with Gasteiger partial charge in [-0.15, -0.1) is 0 Å². The van der Waals surface area contributed by atoms with Crippen LogP contribution >= 0.6 is 0 Å². The van der Waals surface area contributed by atoms with Crippen LogP contribution in [0, 0.1) is 17.5 Å². The van der Waals surface area contributed by atoms with Crippen LogP contribution in [0.2, 0.25) is 0 Å². The fraction of sp³-hybridized carbons (Fsp3) is 0.414. The van der Waals surface area contributed by atoms with E-state index in [1.165, 1.54) is 25.3 Å². The molecule has 3 N–H and O–H groups in total. The summed E-state index contributed by atoms with van der Waals surface area (Å²) < 4.78 is 51.8. The maximum atomic E-state index is 14.3. The number of piperidine rings is 1. The van der Waals surface area contributed by atoms with Crippen molar-refractivity contribution in [1.82, 2.24) is 20.9 Å². The number of ether oxygens (including phenoxy) is 2. The average Bonchev–Trinajstić information content (AvgIpc) is 2.99. The summed E-state index contributed by atoms with van der Waals surface area (Å²) in [5.41, 5.74) is 0.706. The summed E-state index contributed by atoms with van der Waals surface area (Å²) in [6.07, 6.45) is 0.827. The summed E-state index contributed by atoms with van der Waals surface area (Å²) >= 11 is 0. The summed E-state index contributed by atoms with van der Waals surface area (Å²) in [6.45, 7) is 3.57. The maximum absolute atomic E-state index is 14.3. The molecule has 10 nitrogen and oxygen atoms in total. The van der Waals surface area contributed by atoms with Crippen LogP contribution in [-0.2, 0) is 14.3 Å². The van der Waals surface area contributed by atoms with E-state index in [0.29, 0.717) is 6.54 Å². The van der Waals surface area contributed by atoms with Gasteiger partial charge in [0.15, 0.2) is 11.6 Å². The van der Waals surface area contributed by atoms with Crippen molar-refractivity contribution in [2.75, 3.05) is 45.3 Å². The van der Waals surface area contributed by atoms with E-state index in [0.717, 1.165) is 55.8 Å². The second kappa shape index (κ2) is 13.7. The summed E-state index contributed by atoms with van der Waals surface area (Å²) in [7, 11) is 2.49. The Kier molecular flexibility index (Phi) is 10.1. The van der Waals surface area contributed by atoms with Crippen molar-refractivity contribution in [2.45, 2.75) is 38.0 Å². The molecule has 0 saturated carbocycles.